The minimum absolute atomic E-state index is 0.332. The summed E-state index contributed by atoms with van der Waals surface area (Å²) < 4.78 is 11.8. The molecule has 96 valence electrons. The summed E-state index contributed by atoms with van der Waals surface area (Å²) in [4.78, 5) is 0. The van der Waals surface area contributed by atoms with Crippen molar-refractivity contribution in [1.29, 1.82) is 0 Å². The number of benzene rings is 1. The Balaban J connectivity index is 3.34. The highest BCUT2D eigenvalue weighted by Gasteiger charge is 2.20. The Hall–Kier alpha value is -0.740. The summed E-state index contributed by atoms with van der Waals surface area (Å²) >= 11 is 3.61. The molecule has 2 N–H and O–H groups in total. The van der Waals surface area contributed by atoms with Crippen LogP contribution in [-0.4, -0.2) is 20.8 Å². The van der Waals surface area contributed by atoms with Gasteiger partial charge in [-0.15, -0.1) is 0 Å². The van der Waals surface area contributed by atoms with Crippen LogP contribution in [0, 0.1) is 6.92 Å². The highest BCUT2D eigenvalue weighted by Crippen LogP contribution is 2.42. The highest BCUT2D eigenvalue weighted by molar-refractivity contribution is 9.10. The molecule has 0 spiro atoms. The van der Waals surface area contributed by atoms with E-state index in [1.807, 2.05) is 13.0 Å². The van der Waals surface area contributed by atoms with Crippen LogP contribution in [0.2, 0.25) is 0 Å². The van der Waals surface area contributed by atoms with Gasteiger partial charge in [0.15, 0.2) is 0 Å². The van der Waals surface area contributed by atoms with E-state index >= 15 is 0 Å². The number of aryl methyl sites for hydroxylation is 1. The first kappa shape index (κ1) is 14.3. The van der Waals surface area contributed by atoms with Crippen LogP contribution in [0.25, 0.3) is 0 Å². The Kier molecular flexibility index (Phi) is 5.28. The Morgan fingerprint density at radius 3 is 2.47 bits per heavy atom. The maximum atomic E-state index is 5.62. The normalized spacial score (nSPS) is 12.4. The minimum atomic E-state index is 0.332. The van der Waals surface area contributed by atoms with Crippen LogP contribution in [0.1, 0.15) is 30.4 Å². The van der Waals surface area contributed by atoms with Crippen LogP contribution >= 0.6 is 15.9 Å². The molecular weight excluding hydrogens is 282 g/mol. The van der Waals surface area contributed by atoms with Crippen molar-refractivity contribution in [2.24, 2.45) is 5.73 Å². The monoisotopic (exact) mass is 301 g/mol. The molecular formula is C13H20BrNO2. The lowest BCUT2D eigenvalue weighted by atomic mass is 9.95. The summed E-state index contributed by atoms with van der Waals surface area (Å²) in [6.07, 6.45) is 0.918. The predicted octanol–water partition coefficient (Wildman–Crippen LogP) is 3.23. The number of methoxy groups -OCH3 is 2. The number of hydrogen-bond acceptors (Lipinski definition) is 3. The van der Waals surface area contributed by atoms with Crippen molar-refractivity contribution in [2.45, 2.75) is 26.2 Å². The SMILES string of the molecule is COc1cc(C)c(OC)c(Br)c1C(C)CCN. The number of nitrogens with two attached hydrogens (primary N) is 1. The molecule has 0 aliphatic rings. The van der Waals surface area contributed by atoms with Gasteiger partial charge in [0.25, 0.3) is 0 Å². The minimum Gasteiger partial charge on any atom is -0.496 e. The molecule has 17 heavy (non-hydrogen) atoms. The van der Waals surface area contributed by atoms with Crippen LogP contribution in [-0.2, 0) is 0 Å². The standard InChI is InChI=1S/C13H20BrNO2/c1-8(5-6-15)11-10(16-3)7-9(2)13(17-4)12(11)14/h7-8H,5-6,15H2,1-4H3. The molecule has 1 aromatic carbocycles. The Bertz CT molecular complexity index is 393. The molecule has 0 aliphatic carbocycles. The van der Waals surface area contributed by atoms with E-state index in [1.165, 1.54) is 0 Å². The summed E-state index contributed by atoms with van der Waals surface area (Å²) in [7, 11) is 3.36. The Morgan fingerprint density at radius 1 is 1.35 bits per heavy atom. The van der Waals surface area contributed by atoms with Crippen molar-refractivity contribution >= 4 is 15.9 Å². The quantitative estimate of drug-likeness (QED) is 0.908. The molecule has 0 radical (unpaired) electrons. The first-order valence-electron chi connectivity index (χ1n) is 5.67. The van der Waals surface area contributed by atoms with Crippen molar-refractivity contribution in [3.8, 4) is 11.5 Å². The molecule has 1 unspecified atom stereocenters. The van der Waals surface area contributed by atoms with Crippen molar-refractivity contribution in [1.82, 2.24) is 0 Å². The van der Waals surface area contributed by atoms with Crippen molar-refractivity contribution < 1.29 is 9.47 Å². The molecule has 0 fully saturated rings. The summed E-state index contributed by atoms with van der Waals surface area (Å²) in [6, 6.07) is 2.01. The zero-order valence-corrected chi connectivity index (χ0v) is 12.4. The summed E-state index contributed by atoms with van der Waals surface area (Å²) in [6.45, 7) is 4.81. The van der Waals surface area contributed by atoms with Gasteiger partial charge >= 0.3 is 0 Å². The van der Waals surface area contributed by atoms with E-state index in [1.54, 1.807) is 14.2 Å². The van der Waals surface area contributed by atoms with E-state index in [2.05, 4.69) is 22.9 Å². The fourth-order valence-corrected chi connectivity index (χ4v) is 3.08. The van der Waals surface area contributed by atoms with Gasteiger partial charge in [0.2, 0.25) is 0 Å². The molecule has 1 aromatic rings. The van der Waals surface area contributed by atoms with Gasteiger partial charge in [0.05, 0.1) is 18.7 Å². The van der Waals surface area contributed by atoms with Gasteiger partial charge in [-0.25, -0.2) is 0 Å². The second kappa shape index (κ2) is 6.26. The topological polar surface area (TPSA) is 44.5 Å². The van der Waals surface area contributed by atoms with E-state index < -0.39 is 0 Å². The zero-order valence-electron chi connectivity index (χ0n) is 10.8. The third kappa shape index (κ3) is 2.93. The fourth-order valence-electron chi connectivity index (χ4n) is 2.02. The van der Waals surface area contributed by atoms with Crippen molar-refractivity contribution in [2.75, 3.05) is 20.8 Å². The van der Waals surface area contributed by atoms with E-state index in [0.29, 0.717) is 12.5 Å². The molecule has 0 aliphatic heterocycles. The molecule has 0 bridgehead atoms. The molecule has 0 aromatic heterocycles. The van der Waals surface area contributed by atoms with Gasteiger partial charge in [0.1, 0.15) is 11.5 Å². The lowest BCUT2D eigenvalue weighted by molar-refractivity contribution is 0.390. The van der Waals surface area contributed by atoms with Gasteiger partial charge in [0, 0.05) is 5.56 Å². The summed E-state index contributed by atoms with van der Waals surface area (Å²) in [5, 5.41) is 0. The average Bonchev–Trinajstić information content (AvgIpc) is 2.28. The summed E-state index contributed by atoms with van der Waals surface area (Å²) in [5.74, 6) is 2.08. The van der Waals surface area contributed by atoms with Crippen molar-refractivity contribution in [3.63, 3.8) is 0 Å². The molecule has 4 heteroatoms. The molecule has 0 saturated carbocycles. The number of halogens is 1. The van der Waals surface area contributed by atoms with Gasteiger partial charge in [-0.3, -0.25) is 0 Å². The van der Waals surface area contributed by atoms with Crippen LogP contribution in [0.15, 0.2) is 10.5 Å². The maximum absolute atomic E-state index is 5.62. The fraction of sp³-hybridized carbons (Fsp3) is 0.538. The lowest BCUT2D eigenvalue weighted by Crippen LogP contribution is -2.07. The molecule has 0 amide bonds. The second-order valence-electron chi connectivity index (χ2n) is 4.14. The molecule has 1 rings (SSSR count). The van der Waals surface area contributed by atoms with E-state index in [0.717, 1.165) is 33.5 Å². The first-order valence-corrected chi connectivity index (χ1v) is 6.47. The third-order valence-corrected chi connectivity index (χ3v) is 3.71. The Labute approximate surface area is 111 Å². The van der Waals surface area contributed by atoms with E-state index in [9.17, 15) is 0 Å². The van der Waals surface area contributed by atoms with Crippen LogP contribution in [0.3, 0.4) is 0 Å². The predicted molar refractivity (Wildman–Crippen MR) is 74.1 cm³/mol. The molecule has 0 saturated heterocycles. The van der Waals surface area contributed by atoms with Gasteiger partial charge in [-0.05, 0) is 53.4 Å². The lowest BCUT2D eigenvalue weighted by Gasteiger charge is -2.20. The van der Waals surface area contributed by atoms with Crippen LogP contribution in [0.4, 0.5) is 0 Å². The van der Waals surface area contributed by atoms with E-state index in [-0.39, 0.29) is 0 Å². The molecule has 0 heterocycles. The number of hydrogen-bond donors (Lipinski definition) is 1. The van der Waals surface area contributed by atoms with E-state index in [4.69, 9.17) is 15.2 Å². The second-order valence-corrected chi connectivity index (χ2v) is 4.93. The van der Waals surface area contributed by atoms with Crippen molar-refractivity contribution in [3.05, 3.63) is 21.7 Å². The third-order valence-electron chi connectivity index (χ3n) is 2.92. The zero-order chi connectivity index (χ0) is 13.0. The van der Waals surface area contributed by atoms with Gasteiger partial charge in [-0.2, -0.15) is 0 Å². The average molecular weight is 302 g/mol. The van der Waals surface area contributed by atoms with Gasteiger partial charge < -0.3 is 15.2 Å². The van der Waals surface area contributed by atoms with Crippen LogP contribution in [0.5, 0.6) is 11.5 Å². The largest absolute Gasteiger partial charge is 0.496 e. The molecule has 3 nitrogen and oxygen atoms in total. The number of ether oxygens (including phenoxy) is 2. The highest BCUT2D eigenvalue weighted by atomic mass is 79.9. The maximum Gasteiger partial charge on any atom is 0.136 e. The smallest absolute Gasteiger partial charge is 0.136 e. The first-order chi connectivity index (χ1) is 8.06. The Morgan fingerprint density at radius 2 is 2.00 bits per heavy atom. The van der Waals surface area contributed by atoms with Crippen LogP contribution < -0.4 is 15.2 Å². The summed E-state index contributed by atoms with van der Waals surface area (Å²) in [5.41, 5.74) is 7.80. The molecule has 1 atom stereocenters. The number of rotatable bonds is 5. The van der Waals surface area contributed by atoms with Gasteiger partial charge in [-0.1, -0.05) is 6.92 Å².